The van der Waals surface area contributed by atoms with Crippen LogP contribution in [0.5, 0.6) is 0 Å². The van der Waals surface area contributed by atoms with Gasteiger partial charge in [-0.05, 0) is 13.8 Å². The van der Waals surface area contributed by atoms with Gasteiger partial charge in [0.15, 0.2) is 5.69 Å². The summed E-state index contributed by atoms with van der Waals surface area (Å²) in [6.07, 6.45) is -2.82. The number of nitrogens with one attached hydrogen (secondary N) is 2. The Morgan fingerprint density at radius 1 is 1.48 bits per heavy atom. The second kappa shape index (κ2) is 5.23. The number of carbonyl (C=O) groups excluding carboxylic acids is 1. The first-order valence-electron chi connectivity index (χ1n) is 6.12. The van der Waals surface area contributed by atoms with Crippen LogP contribution >= 0.6 is 0 Å². The van der Waals surface area contributed by atoms with Gasteiger partial charge in [0.2, 0.25) is 0 Å². The summed E-state index contributed by atoms with van der Waals surface area (Å²) in [6, 6.07) is 0.287. The van der Waals surface area contributed by atoms with E-state index in [1.807, 2.05) is 0 Å². The van der Waals surface area contributed by atoms with Gasteiger partial charge < -0.3 is 5.32 Å². The molecule has 0 aliphatic carbocycles. The van der Waals surface area contributed by atoms with Crippen molar-refractivity contribution in [1.29, 1.82) is 0 Å². The van der Waals surface area contributed by atoms with Gasteiger partial charge in [0.25, 0.3) is 5.91 Å². The van der Waals surface area contributed by atoms with Crippen LogP contribution in [-0.4, -0.2) is 25.9 Å². The van der Waals surface area contributed by atoms with Crippen molar-refractivity contribution in [1.82, 2.24) is 25.3 Å². The summed E-state index contributed by atoms with van der Waals surface area (Å²) < 4.78 is 38.9. The van der Waals surface area contributed by atoms with Crippen molar-refractivity contribution < 1.29 is 18.0 Å². The van der Waals surface area contributed by atoms with Crippen molar-refractivity contribution in [2.75, 3.05) is 0 Å². The van der Waals surface area contributed by atoms with Crippen molar-refractivity contribution in [3.05, 3.63) is 34.9 Å². The third kappa shape index (κ3) is 3.23. The van der Waals surface area contributed by atoms with E-state index in [-0.39, 0.29) is 5.69 Å². The van der Waals surface area contributed by atoms with Crippen molar-refractivity contribution in [3.8, 4) is 0 Å². The molecule has 2 rings (SSSR count). The Bertz CT molecular complexity index is 658. The Morgan fingerprint density at radius 2 is 2.14 bits per heavy atom. The van der Waals surface area contributed by atoms with Crippen molar-refractivity contribution >= 4 is 5.91 Å². The largest absolute Gasteiger partial charge is 0.432 e. The van der Waals surface area contributed by atoms with Crippen LogP contribution < -0.4 is 5.32 Å². The van der Waals surface area contributed by atoms with Crippen molar-refractivity contribution in [2.45, 2.75) is 26.1 Å². The monoisotopic (exact) mass is 301 g/mol. The molecule has 2 aromatic rings. The van der Waals surface area contributed by atoms with Crippen LogP contribution in [0.2, 0.25) is 0 Å². The SMILES string of the molecule is Cc1nn(C)cc1C(C)NC(=O)c1cc(C(F)(F)F)[nH]n1. The molecule has 2 heterocycles. The van der Waals surface area contributed by atoms with Gasteiger partial charge in [-0.15, -0.1) is 0 Å². The highest BCUT2D eigenvalue weighted by atomic mass is 19.4. The van der Waals surface area contributed by atoms with E-state index >= 15 is 0 Å². The second-order valence-corrected chi connectivity index (χ2v) is 4.70. The minimum atomic E-state index is -4.56. The highest BCUT2D eigenvalue weighted by molar-refractivity contribution is 5.92. The van der Waals surface area contributed by atoms with E-state index in [1.165, 1.54) is 0 Å². The fourth-order valence-corrected chi connectivity index (χ4v) is 1.97. The van der Waals surface area contributed by atoms with Crippen LogP contribution in [0.4, 0.5) is 13.2 Å². The van der Waals surface area contributed by atoms with Gasteiger partial charge >= 0.3 is 6.18 Å². The third-order valence-electron chi connectivity index (χ3n) is 2.98. The molecular weight excluding hydrogens is 287 g/mol. The van der Waals surface area contributed by atoms with Gasteiger partial charge in [-0.25, -0.2) is 0 Å². The molecule has 0 fully saturated rings. The molecule has 1 unspecified atom stereocenters. The summed E-state index contributed by atoms with van der Waals surface area (Å²) in [4.78, 5) is 11.9. The lowest BCUT2D eigenvalue weighted by molar-refractivity contribution is -0.141. The van der Waals surface area contributed by atoms with Crippen molar-refractivity contribution in [2.24, 2.45) is 7.05 Å². The van der Waals surface area contributed by atoms with Gasteiger partial charge in [0, 0.05) is 24.9 Å². The Hall–Kier alpha value is -2.32. The lowest BCUT2D eigenvalue weighted by atomic mass is 10.1. The molecule has 9 heteroatoms. The van der Waals surface area contributed by atoms with E-state index in [9.17, 15) is 18.0 Å². The number of aromatic nitrogens is 4. The van der Waals surface area contributed by atoms with Gasteiger partial charge in [-0.2, -0.15) is 23.4 Å². The molecule has 21 heavy (non-hydrogen) atoms. The molecule has 1 atom stereocenters. The maximum atomic E-state index is 12.4. The van der Waals surface area contributed by atoms with E-state index in [0.29, 0.717) is 6.07 Å². The Labute approximate surface area is 118 Å². The summed E-state index contributed by atoms with van der Waals surface area (Å²) in [5.74, 6) is -0.683. The quantitative estimate of drug-likeness (QED) is 0.910. The summed E-state index contributed by atoms with van der Waals surface area (Å²) in [5.41, 5.74) is 0.161. The van der Waals surface area contributed by atoms with Crippen LogP contribution in [-0.2, 0) is 13.2 Å². The van der Waals surface area contributed by atoms with Crippen molar-refractivity contribution in [3.63, 3.8) is 0 Å². The van der Waals surface area contributed by atoms with E-state index in [0.717, 1.165) is 11.3 Å². The standard InChI is InChI=1S/C12H14F3N5O/c1-6(8-5-20(3)19-7(8)2)16-11(21)9-4-10(18-17-9)12(13,14)15/h4-6H,1-3H3,(H,16,21)(H,17,18). The molecule has 6 nitrogen and oxygen atoms in total. The van der Waals surface area contributed by atoms with Gasteiger partial charge in [-0.3, -0.25) is 14.6 Å². The maximum absolute atomic E-state index is 12.4. The smallest absolute Gasteiger partial charge is 0.344 e. The Kier molecular flexibility index (Phi) is 3.75. The Morgan fingerprint density at radius 3 is 2.62 bits per heavy atom. The molecule has 1 amide bonds. The molecule has 2 N–H and O–H groups in total. The van der Waals surface area contributed by atoms with Crippen LogP contribution in [0.25, 0.3) is 0 Å². The molecule has 0 aliphatic heterocycles. The molecule has 0 saturated carbocycles. The maximum Gasteiger partial charge on any atom is 0.432 e. The number of hydrogen-bond acceptors (Lipinski definition) is 3. The number of H-pyrrole nitrogens is 1. The summed E-state index contributed by atoms with van der Waals surface area (Å²) in [7, 11) is 1.74. The first kappa shape index (κ1) is 15.1. The molecule has 0 bridgehead atoms. The zero-order chi connectivity index (χ0) is 15.8. The minimum absolute atomic E-state index is 0.310. The normalized spacial score (nSPS) is 13.2. The average molecular weight is 301 g/mol. The van der Waals surface area contributed by atoms with E-state index in [1.54, 1.807) is 36.9 Å². The molecule has 0 saturated heterocycles. The van der Waals surface area contributed by atoms with Crippen LogP contribution in [0.3, 0.4) is 0 Å². The zero-order valence-electron chi connectivity index (χ0n) is 11.6. The summed E-state index contributed by atoms with van der Waals surface area (Å²) in [6.45, 7) is 3.51. The van der Waals surface area contributed by atoms with E-state index in [4.69, 9.17) is 0 Å². The Balaban J connectivity index is 2.11. The third-order valence-corrected chi connectivity index (χ3v) is 2.98. The highest BCUT2D eigenvalue weighted by Gasteiger charge is 2.34. The van der Waals surface area contributed by atoms with Crippen LogP contribution in [0.1, 0.15) is 40.4 Å². The minimum Gasteiger partial charge on any atom is -0.344 e. The number of aryl methyl sites for hydroxylation is 2. The predicted molar refractivity (Wildman–Crippen MR) is 67.4 cm³/mol. The number of amides is 1. The number of halogens is 3. The molecule has 0 aliphatic rings. The molecule has 2 aromatic heterocycles. The summed E-state index contributed by atoms with van der Waals surface area (Å²) >= 11 is 0. The molecule has 114 valence electrons. The zero-order valence-corrected chi connectivity index (χ0v) is 11.6. The number of rotatable bonds is 3. The van der Waals surface area contributed by atoms with Gasteiger partial charge in [0.1, 0.15) is 5.69 Å². The molecule has 0 aromatic carbocycles. The summed E-state index contributed by atoms with van der Waals surface area (Å²) in [5, 5.41) is 11.9. The highest BCUT2D eigenvalue weighted by Crippen LogP contribution is 2.27. The van der Waals surface area contributed by atoms with Crippen LogP contribution in [0.15, 0.2) is 12.3 Å². The molecular formula is C12H14F3N5O. The predicted octanol–water partition coefficient (Wildman–Crippen LogP) is 1.96. The first-order valence-corrected chi connectivity index (χ1v) is 6.12. The fourth-order valence-electron chi connectivity index (χ4n) is 1.97. The first-order chi connectivity index (χ1) is 9.68. The number of aromatic amines is 1. The van der Waals surface area contributed by atoms with E-state index in [2.05, 4.69) is 15.5 Å². The van der Waals surface area contributed by atoms with Gasteiger partial charge in [0.05, 0.1) is 11.7 Å². The van der Waals surface area contributed by atoms with E-state index < -0.39 is 23.8 Å². The lowest BCUT2D eigenvalue weighted by Gasteiger charge is -2.11. The molecule has 0 spiro atoms. The topological polar surface area (TPSA) is 75.6 Å². The lowest BCUT2D eigenvalue weighted by Crippen LogP contribution is -2.27. The average Bonchev–Trinajstić information content (AvgIpc) is 2.95. The molecule has 0 radical (unpaired) electrons. The number of nitrogens with zero attached hydrogens (tertiary/aromatic N) is 3. The van der Waals surface area contributed by atoms with Gasteiger partial charge in [-0.1, -0.05) is 0 Å². The fraction of sp³-hybridized carbons (Fsp3) is 0.417. The van der Waals surface area contributed by atoms with Crippen LogP contribution in [0, 0.1) is 6.92 Å². The number of alkyl halides is 3. The number of hydrogen-bond donors (Lipinski definition) is 2. The number of carbonyl (C=O) groups is 1. The second-order valence-electron chi connectivity index (χ2n) is 4.70.